The highest BCUT2D eigenvalue weighted by atomic mass is 14.8. The van der Waals surface area contributed by atoms with Gasteiger partial charge in [-0.15, -0.1) is 0 Å². The van der Waals surface area contributed by atoms with E-state index in [9.17, 15) is 0 Å². The van der Waals surface area contributed by atoms with Crippen molar-refractivity contribution in [3.8, 4) is 0 Å². The molecule has 0 aromatic carbocycles. The molecule has 0 atom stereocenters. The Hall–Kier alpha value is -1.77. The molecule has 2 rings (SSSR count). The Labute approximate surface area is 96.6 Å². The van der Waals surface area contributed by atoms with Gasteiger partial charge in [0.1, 0.15) is 0 Å². The maximum absolute atomic E-state index is 4.12. The fraction of sp³-hybridized carbons (Fsp3) is 0.308. The molecule has 3 nitrogen and oxygen atoms in total. The summed E-state index contributed by atoms with van der Waals surface area (Å²) in [6.07, 6.45) is 6.99. The predicted octanol–water partition coefficient (Wildman–Crippen LogP) is 2.99. The van der Waals surface area contributed by atoms with E-state index in [0.29, 0.717) is 5.92 Å². The number of rotatable bonds is 1. The molecule has 2 aromatic rings. The highest BCUT2D eigenvalue weighted by molar-refractivity contribution is 5.00. The first kappa shape index (κ1) is 12.3. The molecule has 0 amide bonds. The highest BCUT2D eigenvalue weighted by Crippen LogP contribution is 2.06. The molecule has 2 aromatic heterocycles. The molecule has 0 aliphatic heterocycles. The number of aromatic nitrogens is 3. The minimum absolute atomic E-state index is 0.485. The van der Waals surface area contributed by atoms with Crippen LogP contribution < -0.4 is 0 Å². The number of hydrogen-bond acceptors (Lipinski definition) is 3. The zero-order valence-electron chi connectivity index (χ0n) is 9.96. The zero-order chi connectivity index (χ0) is 11.8. The Morgan fingerprint density at radius 1 is 1.00 bits per heavy atom. The first-order chi connectivity index (χ1) is 7.70. The molecule has 3 heteroatoms. The van der Waals surface area contributed by atoms with E-state index in [1.165, 1.54) is 0 Å². The van der Waals surface area contributed by atoms with Gasteiger partial charge in [-0.05, 0) is 25.0 Å². The summed E-state index contributed by atoms with van der Waals surface area (Å²) in [6, 6.07) is 5.86. The average molecular weight is 215 g/mol. The van der Waals surface area contributed by atoms with Crippen molar-refractivity contribution in [3.63, 3.8) is 0 Å². The zero-order valence-corrected chi connectivity index (χ0v) is 9.96. The van der Waals surface area contributed by atoms with E-state index in [0.717, 1.165) is 11.4 Å². The quantitative estimate of drug-likeness (QED) is 0.734. The first-order valence-corrected chi connectivity index (χ1v) is 5.33. The van der Waals surface area contributed by atoms with Gasteiger partial charge in [-0.1, -0.05) is 19.9 Å². The van der Waals surface area contributed by atoms with E-state index in [1.807, 2.05) is 25.1 Å². The summed E-state index contributed by atoms with van der Waals surface area (Å²) in [7, 11) is 0. The normalized spacial score (nSPS) is 9.50. The Morgan fingerprint density at radius 2 is 1.81 bits per heavy atom. The summed E-state index contributed by atoms with van der Waals surface area (Å²) in [6.45, 7) is 6.17. The van der Waals surface area contributed by atoms with E-state index in [4.69, 9.17) is 0 Å². The molecule has 0 saturated heterocycles. The second-order valence-corrected chi connectivity index (χ2v) is 3.76. The maximum Gasteiger partial charge on any atom is 0.0612 e. The fourth-order valence-electron chi connectivity index (χ4n) is 1.06. The molecule has 84 valence electrons. The van der Waals surface area contributed by atoms with Gasteiger partial charge in [0, 0.05) is 30.5 Å². The molecular weight excluding hydrogens is 198 g/mol. The van der Waals surface area contributed by atoms with Crippen LogP contribution >= 0.6 is 0 Å². The third kappa shape index (κ3) is 4.64. The number of aryl methyl sites for hydroxylation is 1. The predicted molar refractivity (Wildman–Crippen MR) is 65.1 cm³/mol. The lowest BCUT2D eigenvalue weighted by Crippen LogP contribution is -1.91. The molecule has 0 fully saturated rings. The Kier molecular flexibility index (Phi) is 5.12. The van der Waals surface area contributed by atoms with Gasteiger partial charge in [0.05, 0.1) is 5.69 Å². The summed E-state index contributed by atoms with van der Waals surface area (Å²) in [5.74, 6) is 0.485. The minimum atomic E-state index is 0.485. The lowest BCUT2D eigenvalue weighted by molar-refractivity contribution is 0.812. The van der Waals surface area contributed by atoms with Crippen molar-refractivity contribution in [1.82, 2.24) is 15.0 Å². The molecular formula is C13H17N3. The Bertz CT molecular complexity index is 384. The van der Waals surface area contributed by atoms with Gasteiger partial charge in [0.25, 0.3) is 0 Å². The van der Waals surface area contributed by atoms with E-state index in [1.54, 1.807) is 24.8 Å². The standard InChI is InChI=1S/C7H10N2.C6H7N/c1-6(2)7-5-8-3-4-9-7;1-6-4-2-3-5-7-6/h3-6H,1-2H3;2-5H,1H3. The van der Waals surface area contributed by atoms with Gasteiger partial charge in [0.15, 0.2) is 0 Å². The molecule has 0 N–H and O–H groups in total. The van der Waals surface area contributed by atoms with Crippen LogP contribution in [-0.2, 0) is 0 Å². The molecule has 0 aliphatic rings. The number of pyridine rings is 1. The molecule has 16 heavy (non-hydrogen) atoms. The fourth-order valence-corrected chi connectivity index (χ4v) is 1.06. The molecule has 0 unspecified atom stereocenters. The van der Waals surface area contributed by atoms with Gasteiger partial charge in [0.2, 0.25) is 0 Å². The smallest absolute Gasteiger partial charge is 0.0612 e. The van der Waals surface area contributed by atoms with Crippen LogP contribution in [0.15, 0.2) is 43.0 Å². The first-order valence-electron chi connectivity index (χ1n) is 5.33. The van der Waals surface area contributed by atoms with E-state index < -0.39 is 0 Å². The van der Waals surface area contributed by atoms with Crippen molar-refractivity contribution < 1.29 is 0 Å². The number of hydrogen-bond donors (Lipinski definition) is 0. The van der Waals surface area contributed by atoms with E-state index in [2.05, 4.69) is 28.8 Å². The average Bonchev–Trinajstić information content (AvgIpc) is 2.32. The van der Waals surface area contributed by atoms with Crippen LogP contribution in [0.2, 0.25) is 0 Å². The van der Waals surface area contributed by atoms with Gasteiger partial charge in [-0.25, -0.2) is 0 Å². The van der Waals surface area contributed by atoms with Gasteiger partial charge >= 0.3 is 0 Å². The van der Waals surface area contributed by atoms with Crippen LogP contribution in [0.5, 0.6) is 0 Å². The molecule has 2 heterocycles. The monoisotopic (exact) mass is 215 g/mol. The summed E-state index contributed by atoms with van der Waals surface area (Å²) in [5.41, 5.74) is 2.13. The van der Waals surface area contributed by atoms with Crippen molar-refractivity contribution in [2.75, 3.05) is 0 Å². The van der Waals surface area contributed by atoms with Gasteiger partial charge in [-0.2, -0.15) is 0 Å². The molecule has 0 bridgehead atoms. The van der Waals surface area contributed by atoms with E-state index >= 15 is 0 Å². The van der Waals surface area contributed by atoms with Crippen molar-refractivity contribution in [2.24, 2.45) is 0 Å². The van der Waals surface area contributed by atoms with Crippen molar-refractivity contribution in [3.05, 3.63) is 54.4 Å². The van der Waals surface area contributed by atoms with Gasteiger partial charge in [-0.3, -0.25) is 15.0 Å². The topological polar surface area (TPSA) is 38.7 Å². The van der Waals surface area contributed by atoms with Crippen molar-refractivity contribution >= 4 is 0 Å². The van der Waals surface area contributed by atoms with Gasteiger partial charge < -0.3 is 0 Å². The third-order valence-corrected chi connectivity index (χ3v) is 1.99. The summed E-state index contributed by atoms with van der Waals surface area (Å²) in [5, 5.41) is 0. The maximum atomic E-state index is 4.12. The largest absolute Gasteiger partial charge is 0.262 e. The highest BCUT2D eigenvalue weighted by Gasteiger charge is 1.96. The van der Waals surface area contributed by atoms with Crippen LogP contribution in [-0.4, -0.2) is 15.0 Å². The van der Waals surface area contributed by atoms with Crippen molar-refractivity contribution in [2.45, 2.75) is 26.7 Å². The molecule has 0 radical (unpaired) electrons. The van der Waals surface area contributed by atoms with Crippen LogP contribution in [0.1, 0.15) is 31.2 Å². The molecule has 0 spiro atoms. The second-order valence-electron chi connectivity index (χ2n) is 3.76. The SMILES string of the molecule is CC(C)c1cnccn1.Cc1ccccn1. The molecule has 0 aliphatic carbocycles. The number of nitrogens with zero attached hydrogens (tertiary/aromatic N) is 3. The van der Waals surface area contributed by atoms with Crippen LogP contribution in [0, 0.1) is 6.92 Å². The summed E-state index contributed by atoms with van der Waals surface area (Å²) < 4.78 is 0. The van der Waals surface area contributed by atoms with Crippen LogP contribution in [0.25, 0.3) is 0 Å². The van der Waals surface area contributed by atoms with Crippen LogP contribution in [0.4, 0.5) is 0 Å². The summed E-state index contributed by atoms with van der Waals surface area (Å²) >= 11 is 0. The third-order valence-electron chi connectivity index (χ3n) is 1.99. The van der Waals surface area contributed by atoms with E-state index in [-0.39, 0.29) is 0 Å². The Balaban J connectivity index is 0.000000165. The lowest BCUT2D eigenvalue weighted by atomic mass is 10.1. The summed E-state index contributed by atoms with van der Waals surface area (Å²) in [4.78, 5) is 12.0. The lowest BCUT2D eigenvalue weighted by Gasteiger charge is -1.99. The second kappa shape index (κ2) is 6.67. The van der Waals surface area contributed by atoms with Crippen LogP contribution in [0.3, 0.4) is 0 Å². The van der Waals surface area contributed by atoms with Crippen molar-refractivity contribution in [1.29, 1.82) is 0 Å². The minimum Gasteiger partial charge on any atom is -0.262 e. The Morgan fingerprint density at radius 3 is 2.12 bits per heavy atom. The molecule has 0 saturated carbocycles.